The molecule has 2 aromatic heterocycles. The largest absolute Gasteiger partial charge is 0.288 e. The average molecular weight is 284 g/mol. The van der Waals surface area contributed by atoms with Gasteiger partial charge in [-0.05, 0) is 18.4 Å². The van der Waals surface area contributed by atoms with Crippen LogP contribution in [0.15, 0.2) is 30.5 Å². The maximum atomic E-state index is 12.8. The predicted octanol–water partition coefficient (Wildman–Crippen LogP) is 2.94. The molecule has 0 saturated carbocycles. The zero-order chi connectivity index (χ0) is 13.7. The summed E-state index contributed by atoms with van der Waals surface area (Å²) in [6.45, 7) is 0. The van der Waals surface area contributed by atoms with Crippen LogP contribution in [-0.2, 0) is 12.8 Å². The molecule has 0 amide bonds. The lowest BCUT2D eigenvalue weighted by Gasteiger charge is -2.07. The van der Waals surface area contributed by atoms with E-state index in [1.165, 1.54) is 0 Å². The highest BCUT2D eigenvalue weighted by Gasteiger charge is 2.26. The number of nitrogens with one attached hydrogen (secondary N) is 1. The summed E-state index contributed by atoms with van der Waals surface area (Å²) in [6, 6.07) is 7.66. The molecule has 0 radical (unpaired) electrons. The van der Waals surface area contributed by atoms with Gasteiger partial charge in [-0.25, -0.2) is 4.98 Å². The van der Waals surface area contributed by atoms with Crippen LogP contribution in [0.3, 0.4) is 0 Å². The number of hydrogen-bond donors (Lipinski definition) is 1. The van der Waals surface area contributed by atoms with Gasteiger partial charge in [0.05, 0.1) is 27.9 Å². The fourth-order valence-electron chi connectivity index (χ4n) is 2.74. The number of benzene rings is 1. The third-order valence-electron chi connectivity index (χ3n) is 3.73. The monoisotopic (exact) mass is 283 g/mol. The highest BCUT2D eigenvalue weighted by atomic mass is 35.5. The first-order chi connectivity index (χ1) is 9.75. The summed E-state index contributed by atoms with van der Waals surface area (Å²) in [6.07, 6.45) is 3.10. The van der Waals surface area contributed by atoms with Crippen molar-refractivity contribution in [2.24, 2.45) is 0 Å². The number of carbonyl (C=O) groups excluding carboxylic acids is 1. The number of hydrogen-bond acceptors (Lipinski definition) is 3. The fraction of sp³-hybridized carbons (Fsp3) is 0.133. The first kappa shape index (κ1) is 11.6. The summed E-state index contributed by atoms with van der Waals surface area (Å²) in [7, 11) is 0. The average Bonchev–Trinajstić information content (AvgIpc) is 2.88. The summed E-state index contributed by atoms with van der Waals surface area (Å²) in [4.78, 5) is 17.3. The van der Waals surface area contributed by atoms with E-state index >= 15 is 0 Å². The van der Waals surface area contributed by atoms with E-state index in [0.29, 0.717) is 28.0 Å². The first-order valence-electron chi connectivity index (χ1n) is 6.40. The normalized spacial score (nSPS) is 13.9. The zero-order valence-corrected chi connectivity index (χ0v) is 11.2. The summed E-state index contributed by atoms with van der Waals surface area (Å²) < 4.78 is 0. The molecule has 0 aliphatic heterocycles. The second kappa shape index (κ2) is 4.15. The molecule has 2 heterocycles. The Hall–Kier alpha value is -2.20. The number of rotatable bonds is 0. The van der Waals surface area contributed by atoms with Crippen molar-refractivity contribution < 1.29 is 4.79 Å². The van der Waals surface area contributed by atoms with Crippen molar-refractivity contribution in [2.45, 2.75) is 12.8 Å². The SMILES string of the molecule is O=C1c2ccccc2CCc2nc3[nH]ncc3c(Cl)c21. The second-order valence-corrected chi connectivity index (χ2v) is 5.24. The third-order valence-corrected chi connectivity index (χ3v) is 4.12. The van der Waals surface area contributed by atoms with E-state index in [1.807, 2.05) is 24.3 Å². The molecule has 0 unspecified atom stereocenters. The van der Waals surface area contributed by atoms with Crippen molar-refractivity contribution in [1.82, 2.24) is 15.2 Å². The Morgan fingerprint density at radius 3 is 2.95 bits per heavy atom. The third kappa shape index (κ3) is 1.51. The number of H-pyrrole nitrogens is 1. The van der Waals surface area contributed by atoms with E-state index in [2.05, 4.69) is 15.2 Å². The number of aromatic amines is 1. The van der Waals surface area contributed by atoms with E-state index < -0.39 is 0 Å². The van der Waals surface area contributed by atoms with Crippen molar-refractivity contribution in [3.8, 4) is 0 Å². The molecule has 1 N–H and O–H groups in total. The second-order valence-electron chi connectivity index (χ2n) is 4.87. The van der Waals surface area contributed by atoms with Gasteiger partial charge in [0.1, 0.15) is 0 Å². The van der Waals surface area contributed by atoms with Gasteiger partial charge >= 0.3 is 0 Å². The Bertz CT molecular complexity index is 853. The maximum Gasteiger partial charge on any atom is 0.196 e. The molecule has 4 nitrogen and oxygen atoms in total. The van der Waals surface area contributed by atoms with Crippen LogP contribution in [0.5, 0.6) is 0 Å². The minimum atomic E-state index is -0.0475. The van der Waals surface area contributed by atoms with Gasteiger partial charge in [0.25, 0.3) is 0 Å². The summed E-state index contributed by atoms with van der Waals surface area (Å²) in [5, 5.41) is 7.89. The Labute approximate surface area is 119 Å². The molecule has 1 aliphatic rings. The minimum absolute atomic E-state index is 0.0475. The minimum Gasteiger partial charge on any atom is -0.288 e. The number of carbonyl (C=O) groups is 1. The lowest BCUT2D eigenvalue weighted by atomic mass is 10.00. The van der Waals surface area contributed by atoms with E-state index in [0.717, 1.165) is 23.2 Å². The van der Waals surface area contributed by atoms with Crippen LogP contribution < -0.4 is 0 Å². The van der Waals surface area contributed by atoms with Crippen LogP contribution in [-0.4, -0.2) is 21.0 Å². The number of halogens is 1. The van der Waals surface area contributed by atoms with Crippen LogP contribution in [0.1, 0.15) is 27.2 Å². The van der Waals surface area contributed by atoms with Crippen LogP contribution >= 0.6 is 11.6 Å². The Morgan fingerprint density at radius 1 is 1.20 bits per heavy atom. The molecule has 3 aromatic rings. The van der Waals surface area contributed by atoms with E-state index in [-0.39, 0.29) is 5.78 Å². The molecule has 0 spiro atoms. The highest BCUT2D eigenvalue weighted by molar-refractivity contribution is 6.39. The van der Waals surface area contributed by atoms with Gasteiger partial charge in [-0.3, -0.25) is 9.89 Å². The summed E-state index contributed by atoms with van der Waals surface area (Å²) >= 11 is 6.41. The molecule has 1 aliphatic carbocycles. The molecular weight excluding hydrogens is 274 g/mol. The number of ketones is 1. The molecule has 1 aromatic carbocycles. The predicted molar refractivity (Wildman–Crippen MR) is 76.2 cm³/mol. The number of fused-ring (bicyclic) bond motifs is 3. The first-order valence-corrected chi connectivity index (χ1v) is 6.77. The van der Waals surface area contributed by atoms with Gasteiger partial charge in [-0.1, -0.05) is 35.9 Å². The van der Waals surface area contributed by atoms with Crippen LogP contribution in [0, 0.1) is 0 Å². The standard InChI is InChI=1S/C15H10ClN3O/c16-13-10-7-17-19-15(10)18-11-6-5-8-3-1-2-4-9(8)14(20)12(11)13/h1-4,7H,5-6H2,(H,17,18,19). The zero-order valence-electron chi connectivity index (χ0n) is 10.5. The van der Waals surface area contributed by atoms with E-state index in [4.69, 9.17) is 11.6 Å². The number of pyridine rings is 1. The molecule has 0 fully saturated rings. The topological polar surface area (TPSA) is 58.6 Å². The fourth-order valence-corrected chi connectivity index (χ4v) is 3.07. The van der Waals surface area contributed by atoms with Gasteiger partial charge in [-0.2, -0.15) is 5.10 Å². The maximum absolute atomic E-state index is 12.8. The van der Waals surface area contributed by atoms with Crippen molar-refractivity contribution in [1.29, 1.82) is 0 Å². The van der Waals surface area contributed by atoms with Gasteiger partial charge in [0.2, 0.25) is 0 Å². The number of aryl methyl sites for hydroxylation is 2. The lowest BCUT2D eigenvalue weighted by Crippen LogP contribution is -2.06. The Balaban J connectivity index is 2.05. The Kier molecular flexibility index (Phi) is 2.41. The molecule has 20 heavy (non-hydrogen) atoms. The number of nitrogens with zero attached hydrogens (tertiary/aromatic N) is 2. The quantitative estimate of drug-likeness (QED) is 0.690. The molecule has 0 atom stereocenters. The van der Waals surface area contributed by atoms with Gasteiger partial charge < -0.3 is 0 Å². The van der Waals surface area contributed by atoms with Gasteiger partial charge in [0.15, 0.2) is 11.4 Å². The van der Waals surface area contributed by atoms with E-state index in [9.17, 15) is 4.79 Å². The van der Waals surface area contributed by atoms with Crippen molar-refractivity contribution in [2.75, 3.05) is 0 Å². The van der Waals surface area contributed by atoms with Crippen LogP contribution in [0.25, 0.3) is 11.0 Å². The van der Waals surface area contributed by atoms with Gasteiger partial charge in [-0.15, -0.1) is 0 Å². The van der Waals surface area contributed by atoms with Crippen molar-refractivity contribution in [3.63, 3.8) is 0 Å². The molecular formula is C15H10ClN3O. The highest BCUT2D eigenvalue weighted by Crippen LogP contribution is 2.32. The lowest BCUT2D eigenvalue weighted by molar-refractivity contribution is 0.103. The summed E-state index contributed by atoms with van der Waals surface area (Å²) in [5.41, 5.74) is 3.66. The van der Waals surface area contributed by atoms with Crippen LogP contribution in [0.4, 0.5) is 0 Å². The summed E-state index contributed by atoms with van der Waals surface area (Å²) in [5.74, 6) is -0.0475. The van der Waals surface area contributed by atoms with Crippen molar-refractivity contribution >= 4 is 28.4 Å². The van der Waals surface area contributed by atoms with Crippen LogP contribution in [0.2, 0.25) is 5.02 Å². The number of aromatic nitrogens is 3. The molecule has 4 rings (SSSR count). The Morgan fingerprint density at radius 2 is 2.05 bits per heavy atom. The van der Waals surface area contributed by atoms with E-state index in [1.54, 1.807) is 6.20 Å². The van der Waals surface area contributed by atoms with Gasteiger partial charge in [0, 0.05) is 5.56 Å². The molecule has 98 valence electrons. The van der Waals surface area contributed by atoms with Crippen molar-refractivity contribution in [3.05, 3.63) is 57.9 Å². The smallest absolute Gasteiger partial charge is 0.196 e. The molecule has 0 bridgehead atoms. The molecule has 5 heteroatoms. The molecule has 0 saturated heterocycles.